The summed E-state index contributed by atoms with van der Waals surface area (Å²) >= 11 is 0. The molecule has 1 amide bonds. The number of aromatic nitrogens is 2. The van der Waals surface area contributed by atoms with Crippen LogP contribution in [-0.4, -0.2) is 15.9 Å². The lowest BCUT2D eigenvalue weighted by Crippen LogP contribution is -2.23. The normalized spacial score (nSPS) is 10.1. The second-order valence-electron chi connectivity index (χ2n) is 3.79. The van der Waals surface area contributed by atoms with Crippen LogP contribution < -0.4 is 11.1 Å². The Balaban J connectivity index is 1.95. The summed E-state index contributed by atoms with van der Waals surface area (Å²) in [5.41, 5.74) is 7.75. The molecule has 2 rings (SSSR count). The van der Waals surface area contributed by atoms with Gasteiger partial charge in [0.25, 0.3) is 5.91 Å². The monoisotopic (exact) mass is 242 g/mol. The molecule has 2 heterocycles. The Morgan fingerprint density at radius 2 is 1.94 bits per heavy atom. The zero-order valence-corrected chi connectivity index (χ0v) is 9.84. The number of nitrogens with one attached hydrogen (secondary N) is 1. The van der Waals surface area contributed by atoms with Crippen molar-refractivity contribution >= 4 is 5.91 Å². The van der Waals surface area contributed by atoms with E-state index in [0.717, 1.165) is 11.1 Å². The van der Waals surface area contributed by atoms with Crippen molar-refractivity contribution in [3.63, 3.8) is 0 Å². The van der Waals surface area contributed by atoms with Crippen molar-refractivity contribution in [2.24, 2.45) is 5.73 Å². The smallest absolute Gasteiger partial charge is 0.270 e. The van der Waals surface area contributed by atoms with Crippen molar-refractivity contribution in [1.29, 1.82) is 0 Å². The average molecular weight is 242 g/mol. The third-order valence-corrected chi connectivity index (χ3v) is 2.50. The van der Waals surface area contributed by atoms with Crippen LogP contribution >= 0.6 is 0 Å². The number of hydrogen-bond donors (Lipinski definition) is 2. The summed E-state index contributed by atoms with van der Waals surface area (Å²) in [6.45, 7) is 0.883. The molecule has 5 heteroatoms. The number of carbonyl (C=O) groups is 1. The van der Waals surface area contributed by atoms with Gasteiger partial charge < -0.3 is 11.1 Å². The molecule has 0 fully saturated rings. The molecule has 0 aliphatic rings. The number of nitrogens with two attached hydrogens (primary N) is 1. The summed E-state index contributed by atoms with van der Waals surface area (Å²) in [4.78, 5) is 19.8. The molecule has 0 aliphatic heterocycles. The summed E-state index contributed by atoms with van der Waals surface area (Å²) < 4.78 is 0. The van der Waals surface area contributed by atoms with Gasteiger partial charge in [-0.3, -0.25) is 14.8 Å². The topological polar surface area (TPSA) is 80.9 Å². The van der Waals surface area contributed by atoms with E-state index in [-0.39, 0.29) is 5.91 Å². The summed E-state index contributed by atoms with van der Waals surface area (Å²) in [7, 11) is 0. The Labute approximate surface area is 105 Å². The van der Waals surface area contributed by atoms with Gasteiger partial charge in [-0.1, -0.05) is 6.07 Å². The average Bonchev–Trinajstić information content (AvgIpc) is 2.46. The Kier molecular flexibility index (Phi) is 3.98. The third-order valence-electron chi connectivity index (χ3n) is 2.50. The van der Waals surface area contributed by atoms with Gasteiger partial charge in [0, 0.05) is 31.7 Å². The fourth-order valence-corrected chi connectivity index (χ4v) is 1.45. The first-order valence-corrected chi connectivity index (χ1v) is 5.61. The zero-order chi connectivity index (χ0) is 12.8. The molecule has 0 atom stereocenters. The maximum absolute atomic E-state index is 11.8. The first-order chi connectivity index (χ1) is 8.79. The van der Waals surface area contributed by atoms with Crippen LogP contribution in [0.1, 0.15) is 21.6 Å². The Hall–Kier alpha value is -2.27. The summed E-state index contributed by atoms with van der Waals surface area (Å²) in [6.07, 6.45) is 4.99. The van der Waals surface area contributed by atoms with Crippen LogP contribution in [0.5, 0.6) is 0 Å². The first-order valence-electron chi connectivity index (χ1n) is 5.61. The summed E-state index contributed by atoms with van der Waals surface area (Å²) in [5.74, 6) is -0.199. The number of pyridine rings is 2. The summed E-state index contributed by atoms with van der Waals surface area (Å²) in [5, 5.41) is 2.79. The van der Waals surface area contributed by atoms with Gasteiger partial charge >= 0.3 is 0 Å². The van der Waals surface area contributed by atoms with Gasteiger partial charge in [0.2, 0.25) is 0 Å². The molecule has 0 spiro atoms. The first kappa shape index (κ1) is 12.2. The molecule has 92 valence electrons. The highest BCUT2D eigenvalue weighted by atomic mass is 16.1. The lowest BCUT2D eigenvalue weighted by molar-refractivity contribution is 0.0946. The second-order valence-corrected chi connectivity index (χ2v) is 3.79. The van der Waals surface area contributed by atoms with Crippen molar-refractivity contribution in [3.05, 3.63) is 59.7 Å². The van der Waals surface area contributed by atoms with E-state index in [9.17, 15) is 4.79 Å². The van der Waals surface area contributed by atoms with Gasteiger partial charge in [-0.25, -0.2) is 0 Å². The van der Waals surface area contributed by atoms with Crippen LogP contribution in [0.25, 0.3) is 0 Å². The molecule has 0 saturated carbocycles. The molecular formula is C13H14N4O. The summed E-state index contributed by atoms with van der Waals surface area (Å²) in [6, 6.07) is 7.18. The van der Waals surface area contributed by atoms with Crippen molar-refractivity contribution in [2.75, 3.05) is 0 Å². The van der Waals surface area contributed by atoms with Gasteiger partial charge in [-0.2, -0.15) is 0 Å². The highest BCUT2D eigenvalue weighted by Crippen LogP contribution is 2.00. The lowest BCUT2D eigenvalue weighted by Gasteiger charge is -2.05. The zero-order valence-electron chi connectivity index (χ0n) is 9.84. The van der Waals surface area contributed by atoms with Gasteiger partial charge in [-0.15, -0.1) is 0 Å². The van der Waals surface area contributed by atoms with Crippen LogP contribution in [0, 0.1) is 0 Å². The van der Waals surface area contributed by atoms with E-state index in [2.05, 4.69) is 15.3 Å². The predicted molar refractivity (Wildman–Crippen MR) is 67.5 cm³/mol. The van der Waals surface area contributed by atoms with Gasteiger partial charge in [0.15, 0.2) is 0 Å². The van der Waals surface area contributed by atoms with E-state index < -0.39 is 0 Å². The molecule has 0 aliphatic carbocycles. The van der Waals surface area contributed by atoms with Gasteiger partial charge in [-0.05, 0) is 29.3 Å². The number of rotatable bonds is 4. The van der Waals surface area contributed by atoms with E-state index in [0.29, 0.717) is 18.8 Å². The Bertz CT molecular complexity index is 510. The SMILES string of the molecule is NCc1ccc(C(=O)NCc2ccncc2)nc1. The maximum atomic E-state index is 11.8. The molecule has 0 unspecified atom stereocenters. The van der Waals surface area contributed by atoms with Crippen molar-refractivity contribution in [1.82, 2.24) is 15.3 Å². The van der Waals surface area contributed by atoms with Crippen LogP contribution in [0.2, 0.25) is 0 Å². The van der Waals surface area contributed by atoms with Crippen molar-refractivity contribution in [3.8, 4) is 0 Å². The number of amides is 1. The van der Waals surface area contributed by atoms with E-state index in [1.807, 2.05) is 12.1 Å². The quantitative estimate of drug-likeness (QED) is 0.833. The molecule has 2 aromatic heterocycles. The third kappa shape index (κ3) is 3.11. The van der Waals surface area contributed by atoms with E-state index in [1.165, 1.54) is 0 Å². The number of carbonyl (C=O) groups excluding carboxylic acids is 1. The van der Waals surface area contributed by atoms with Crippen LogP contribution in [0.4, 0.5) is 0 Å². The van der Waals surface area contributed by atoms with Gasteiger partial charge in [0.05, 0.1) is 0 Å². The minimum absolute atomic E-state index is 0.199. The van der Waals surface area contributed by atoms with Crippen LogP contribution in [-0.2, 0) is 13.1 Å². The Morgan fingerprint density at radius 3 is 2.56 bits per heavy atom. The van der Waals surface area contributed by atoms with Crippen molar-refractivity contribution < 1.29 is 4.79 Å². The van der Waals surface area contributed by atoms with Crippen LogP contribution in [0.3, 0.4) is 0 Å². The minimum atomic E-state index is -0.199. The molecule has 0 bridgehead atoms. The highest BCUT2D eigenvalue weighted by molar-refractivity contribution is 5.92. The fourth-order valence-electron chi connectivity index (χ4n) is 1.45. The predicted octanol–water partition coefficient (Wildman–Crippen LogP) is 0.865. The standard InChI is InChI=1S/C13H14N4O/c14-7-11-1-2-12(16-9-11)13(18)17-8-10-3-5-15-6-4-10/h1-6,9H,7-8,14H2,(H,17,18). The highest BCUT2D eigenvalue weighted by Gasteiger charge is 2.06. The fraction of sp³-hybridized carbons (Fsp3) is 0.154. The second kappa shape index (κ2) is 5.88. The van der Waals surface area contributed by atoms with Gasteiger partial charge in [0.1, 0.15) is 5.69 Å². The Morgan fingerprint density at radius 1 is 1.17 bits per heavy atom. The molecule has 0 radical (unpaired) electrons. The van der Waals surface area contributed by atoms with Crippen LogP contribution in [0.15, 0.2) is 42.9 Å². The molecule has 3 N–H and O–H groups in total. The molecular weight excluding hydrogens is 228 g/mol. The molecule has 2 aromatic rings. The minimum Gasteiger partial charge on any atom is -0.347 e. The van der Waals surface area contributed by atoms with E-state index in [1.54, 1.807) is 30.7 Å². The maximum Gasteiger partial charge on any atom is 0.270 e. The largest absolute Gasteiger partial charge is 0.347 e. The number of nitrogens with zero attached hydrogens (tertiary/aromatic N) is 2. The molecule has 0 aromatic carbocycles. The lowest BCUT2D eigenvalue weighted by atomic mass is 10.2. The number of hydrogen-bond acceptors (Lipinski definition) is 4. The van der Waals surface area contributed by atoms with E-state index in [4.69, 9.17) is 5.73 Å². The molecule has 0 saturated heterocycles. The van der Waals surface area contributed by atoms with E-state index >= 15 is 0 Å². The molecule has 5 nitrogen and oxygen atoms in total. The van der Waals surface area contributed by atoms with Crippen molar-refractivity contribution in [2.45, 2.75) is 13.1 Å². The molecule has 18 heavy (non-hydrogen) atoms.